The maximum absolute atomic E-state index is 2.45. The molecular formula is C15H21N. The van der Waals surface area contributed by atoms with Crippen molar-refractivity contribution >= 4 is 0 Å². The molecule has 0 bridgehead atoms. The van der Waals surface area contributed by atoms with E-state index in [9.17, 15) is 0 Å². The first kappa shape index (κ1) is 11.4. The van der Waals surface area contributed by atoms with E-state index in [4.69, 9.17) is 0 Å². The second-order valence-corrected chi connectivity index (χ2v) is 5.62. The quantitative estimate of drug-likeness (QED) is 0.684. The summed E-state index contributed by atoms with van der Waals surface area (Å²) in [5.74, 6) is 0. The first-order valence-electron chi connectivity index (χ1n) is 6.02. The van der Waals surface area contributed by atoms with Gasteiger partial charge in [-0.3, -0.25) is 4.90 Å². The molecular weight excluding hydrogens is 194 g/mol. The highest BCUT2D eigenvalue weighted by Crippen LogP contribution is 2.23. The zero-order chi connectivity index (χ0) is 11.6. The van der Waals surface area contributed by atoms with E-state index in [1.54, 1.807) is 0 Å². The molecule has 0 atom stereocenters. The third kappa shape index (κ3) is 2.73. The van der Waals surface area contributed by atoms with Gasteiger partial charge in [0.2, 0.25) is 0 Å². The minimum absolute atomic E-state index is 0.249. The summed E-state index contributed by atoms with van der Waals surface area (Å²) in [5, 5.41) is 0. The monoisotopic (exact) mass is 215 g/mol. The molecule has 1 aliphatic rings. The van der Waals surface area contributed by atoms with Crippen molar-refractivity contribution in [2.75, 3.05) is 13.1 Å². The van der Waals surface area contributed by atoms with Gasteiger partial charge in [-0.25, -0.2) is 0 Å². The maximum Gasteiger partial charge on any atom is 0.0240 e. The van der Waals surface area contributed by atoms with Crippen LogP contribution in [0.5, 0.6) is 0 Å². The molecule has 0 fully saturated rings. The summed E-state index contributed by atoms with van der Waals surface area (Å²) < 4.78 is 0. The summed E-state index contributed by atoms with van der Waals surface area (Å²) in [7, 11) is 0. The molecule has 0 aromatic heterocycles. The highest BCUT2D eigenvalue weighted by atomic mass is 15.1. The molecule has 1 heteroatoms. The average molecular weight is 215 g/mol. The lowest BCUT2D eigenvalue weighted by Gasteiger charge is -2.21. The summed E-state index contributed by atoms with van der Waals surface area (Å²) in [6.45, 7) is 10.1. The van der Waals surface area contributed by atoms with Crippen LogP contribution in [0.2, 0.25) is 0 Å². The molecule has 0 amide bonds. The molecule has 0 aliphatic carbocycles. The van der Waals surface area contributed by atoms with Crippen LogP contribution in [-0.2, 0) is 12.0 Å². The lowest BCUT2D eigenvalue weighted by atomic mass is 9.86. The fraction of sp³-hybridized carbons (Fsp3) is 0.467. The van der Waals surface area contributed by atoms with Crippen LogP contribution in [0.1, 0.15) is 31.9 Å². The molecule has 86 valence electrons. The molecule has 0 unspecified atom stereocenters. The van der Waals surface area contributed by atoms with Gasteiger partial charge in [-0.2, -0.15) is 0 Å². The van der Waals surface area contributed by atoms with Gasteiger partial charge in [0.1, 0.15) is 0 Å². The fourth-order valence-electron chi connectivity index (χ4n) is 2.05. The fourth-order valence-corrected chi connectivity index (χ4v) is 2.05. The molecule has 2 rings (SSSR count). The highest BCUT2D eigenvalue weighted by molar-refractivity contribution is 5.28. The van der Waals surface area contributed by atoms with Gasteiger partial charge in [0.25, 0.3) is 0 Å². The molecule has 16 heavy (non-hydrogen) atoms. The molecule has 0 saturated carbocycles. The van der Waals surface area contributed by atoms with Crippen molar-refractivity contribution in [2.24, 2.45) is 0 Å². The van der Waals surface area contributed by atoms with E-state index in [0.29, 0.717) is 0 Å². The van der Waals surface area contributed by atoms with E-state index in [1.165, 1.54) is 11.1 Å². The predicted molar refractivity (Wildman–Crippen MR) is 69.6 cm³/mol. The lowest BCUT2D eigenvalue weighted by molar-refractivity contribution is 0.345. The summed E-state index contributed by atoms with van der Waals surface area (Å²) in [6.07, 6.45) is 4.49. The summed E-state index contributed by atoms with van der Waals surface area (Å²) in [6, 6.07) is 8.98. The summed E-state index contributed by atoms with van der Waals surface area (Å²) >= 11 is 0. The van der Waals surface area contributed by atoms with Gasteiger partial charge in [-0.15, -0.1) is 0 Å². The van der Waals surface area contributed by atoms with E-state index < -0.39 is 0 Å². The number of benzene rings is 1. The van der Waals surface area contributed by atoms with Crippen molar-refractivity contribution < 1.29 is 0 Å². The molecule has 1 heterocycles. The van der Waals surface area contributed by atoms with Crippen LogP contribution in [0.15, 0.2) is 36.4 Å². The lowest BCUT2D eigenvalue weighted by Crippen LogP contribution is -2.19. The smallest absolute Gasteiger partial charge is 0.0240 e. The molecule has 1 nitrogen and oxygen atoms in total. The second kappa shape index (κ2) is 4.42. The van der Waals surface area contributed by atoms with Crippen LogP contribution in [0.4, 0.5) is 0 Å². The number of rotatable bonds is 2. The minimum atomic E-state index is 0.249. The standard InChI is InChI=1S/C15H21N/c1-15(2,3)14-8-6-7-13(11-14)12-16-9-4-5-10-16/h4-8,11H,9-10,12H2,1-3H3. The molecule has 1 aromatic rings. The molecule has 1 aromatic carbocycles. The molecule has 0 saturated heterocycles. The van der Waals surface area contributed by atoms with Crippen LogP contribution >= 0.6 is 0 Å². The Hall–Kier alpha value is -1.08. The Bertz CT molecular complexity index is 377. The third-order valence-corrected chi connectivity index (χ3v) is 3.09. The number of nitrogens with zero attached hydrogens (tertiary/aromatic N) is 1. The van der Waals surface area contributed by atoms with Crippen molar-refractivity contribution in [3.63, 3.8) is 0 Å². The third-order valence-electron chi connectivity index (χ3n) is 3.09. The zero-order valence-corrected chi connectivity index (χ0v) is 10.5. The Kier molecular flexibility index (Phi) is 3.15. The zero-order valence-electron chi connectivity index (χ0n) is 10.5. The van der Waals surface area contributed by atoms with E-state index in [-0.39, 0.29) is 5.41 Å². The van der Waals surface area contributed by atoms with Crippen LogP contribution in [0.3, 0.4) is 0 Å². The van der Waals surface area contributed by atoms with E-state index in [1.807, 2.05) is 0 Å². The van der Waals surface area contributed by atoms with E-state index in [2.05, 4.69) is 62.1 Å². The Morgan fingerprint density at radius 1 is 1.12 bits per heavy atom. The van der Waals surface area contributed by atoms with Crippen molar-refractivity contribution in [3.8, 4) is 0 Å². The van der Waals surface area contributed by atoms with Crippen molar-refractivity contribution in [3.05, 3.63) is 47.5 Å². The second-order valence-electron chi connectivity index (χ2n) is 5.62. The summed E-state index contributed by atoms with van der Waals surface area (Å²) in [5.41, 5.74) is 3.10. The van der Waals surface area contributed by atoms with Crippen molar-refractivity contribution in [1.29, 1.82) is 0 Å². The van der Waals surface area contributed by atoms with Gasteiger partial charge in [-0.1, -0.05) is 57.2 Å². The summed E-state index contributed by atoms with van der Waals surface area (Å²) in [4.78, 5) is 2.45. The van der Waals surface area contributed by atoms with Crippen LogP contribution in [0, 0.1) is 0 Å². The normalized spacial score (nSPS) is 16.9. The Morgan fingerprint density at radius 3 is 2.44 bits per heavy atom. The SMILES string of the molecule is CC(C)(C)c1cccc(CN2CC=CC2)c1. The topological polar surface area (TPSA) is 3.24 Å². The Labute approximate surface area is 98.8 Å². The molecule has 0 radical (unpaired) electrons. The first-order chi connectivity index (χ1) is 7.55. The minimum Gasteiger partial charge on any atom is -0.292 e. The largest absolute Gasteiger partial charge is 0.292 e. The number of hydrogen-bond acceptors (Lipinski definition) is 1. The van der Waals surface area contributed by atoms with Gasteiger partial charge in [-0.05, 0) is 16.5 Å². The van der Waals surface area contributed by atoms with E-state index >= 15 is 0 Å². The highest BCUT2D eigenvalue weighted by Gasteiger charge is 2.14. The van der Waals surface area contributed by atoms with Crippen LogP contribution in [0.25, 0.3) is 0 Å². The molecule has 1 aliphatic heterocycles. The predicted octanol–water partition coefficient (Wildman–Crippen LogP) is 3.36. The van der Waals surface area contributed by atoms with Gasteiger partial charge in [0.15, 0.2) is 0 Å². The average Bonchev–Trinajstić information content (AvgIpc) is 2.70. The first-order valence-corrected chi connectivity index (χ1v) is 6.02. The molecule has 0 N–H and O–H groups in total. The van der Waals surface area contributed by atoms with Crippen molar-refractivity contribution in [2.45, 2.75) is 32.7 Å². The van der Waals surface area contributed by atoms with Crippen molar-refractivity contribution in [1.82, 2.24) is 4.90 Å². The maximum atomic E-state index is 2.45. The Balaban J connectivity index is 2.10. The van der Waals surface area contributed by atoms with Crippen LogP contribution < -0.4 is 0 Å². The van der Waals surface area contributed by atoms with Gasteiger partial charge >= 0.3 is 0 Å². The Morgan fingerprint density at radius 2 is 1.81 bits per heavy atom. The van der Waals surface area contributed by atoms with Gasteiger partial charge < -0.3 is 0 Å². The number of hydrogen-bond donors (Lipinski definition) is 0. The van der Waals surface area contributed by atoms with E-state index in [0.717, 1.165) is 19.6 Å². The van der Waals surface area contributed by atoms with Crippen LogP contribution in [-0.4, -0.2) is 18.0 Å². The molecule has 0 spiro atoms. The van der Waals surface area contributed by atoms with Gasteiger partial charge in [0, 0.05) is 19.6 Å². The van der Waals surface area contributed by atoms with Gasteiger partial charge in [0.05, 0.1) is 0 Å².